The van der Waals surface area contributed by atoms with Crippen molar-refractivity contribution >= 4 is 129 Å². The first kappa shape index (κ1) is 61.6. The molecule has 0 N–H and O–H groups in total. The van der Waals surface area contributed by atoms with Gasteiger partial charge in [0, 0.05) is 11.1 Å². The van der Waals surface area contributed by atoms with Gasteiger partial charge in [0.1, 0.15) is 16.1 Å². The Bertz CT molecular complexity index is 3950. The Morgan fingerprint density at radius 2 is 0.506 bits per heavy atom. The molecule has 10 aromatic rings. The zero-order valence-electron chi connectivity index (χ0n) is 53.0. The first-order valence-electron chi connectivity index (χ1n) is 31.8. The fourth-order valence-electron chi connectivity index (χ4n) is 14.0. The predicted molar refractivity (Wildman–Crippen MR) is 383 cm³/mol. The summed E-state index contributed by atoms with van der Waals surface area (Å²) in [6.07, 6.45) is 0. The predicted octanol–water partition coefficient (Wildman–Crippen LogP) is 23.4. The van der Waals surface area contributed by atoms with Gasteiger partial charge in [0.05, 0.1) is 0 Å². The van der Waals surface area contributed by atoms with Gasteiger partial charge < -0.3 is 0 Å². The van der Waals surface area contributed by atoms with E-state index in [1.165, 1.54) is 158 Å². The van der Waals surface area contributed by atoms with Gasteiger partial charge in [-0.05, 0) is 102 Å². The average Bonchev–Trinajstić information content (AvgIpc) is 3.35. The average molecular weight is 1240 g/mol. The van der Waals surface area contributed by atoms with E-state index in [2.05, 4.69) is 294 Å². The van der Waals surface area contributed by atoms with Crippen LogP contribution in [0.1, 0.15) is 126 Å². The van der Waals surface area contributed by atoms with Gasteiger partial charge in [0.15, 0.2) is 0 Å². The van der Waals surface area contributed by atoms with Crippen molar-refractivity contribution in [3.8, 4) is 44.3 Å². The van der Waals surface area contributed by atoms with E-state index in [0.717, 1.165) is 0 Å². The molecule has 0 saturated heterocycles. The molecule has 4 heteroatoms. The number of hydrogen-bond acceptors (Lipinski definition) is 0. The van der Waals surface area contributed by atoms with Gasteiger partial charge in [-0.25, -0.2) is 0 Å². The molecule has 0 aromatic heterocycles. The van der Waals surface area contributed by atoms with Gasteiger partial charge in [-0.2, -0.15) is 0 Å². The summed E-state index contributed by atoms with van der Waals surface area (Å²) < 4.78 is 7.99. The molecule has 0 fully saturated rings. The van der Waals surface area contributed by atoms with Crippen molar-refractivity contribution in [3.63, 3.8) is 0 Å². The second-order valence-electron chi connectivity index (χ2n) is 24.9. The summed E-state index contributed by atoms with van der Waals surface area (Å²) in [5, 5.41) is 27.7. The zero-order valence-corrected chi connectivity index (χ0v) is 59.1. The Morgan fingerprint density at radius 3 is 0.699 bits per heavy atom. The van der Waals surface area contributed by atoms with Gasteiger partial charge in [-0.3, -0.25) is 0 Å². The van der Waals surface area contributed by atoms with Crippen LogP contribution in [0, 0.1) is 44.3 Å². The molecule has 83 heavy (non-hydrogen) atoms. The van der Waals surface area contributed by atoms with Crippen LogP contribution in [0.25, 0.3) is 86.2 Å². The van der Waals surface area contributed by atoms with Crippen molar-refractivity contribution in [3.05, 3.63) is 168 Å². The summed E-state index contributed by atoms with van der Waals surface area (Å²) in [5.74, 6) is 15.6. The van der Waals surface area contributed by atoms with Gasteiger partial charge >= 0.3 is 248 Å². The third kappa shape index (κ3) is 11.9. The first-order valence-corrected chi connectivity index (χ1v) is 47.7. The maximum atomic E-state index is 4.09. The van der Waals surface area contributed by atoms with E-state index in [0.29, 0.717) is 16.6 Å². The van der Waals surface area contributed by atoms with Crippen molar-refractivity contribution in [1.82, 2.24) is 0 Å². The third-order valence-corrected chi connectivity index (χ3v) is 51.2. The van der Waals surface area contributed by atoms with Gasteiger partial charge in [-0.1, -0.05) is 123 Å². The molecule has 10 aromatic carbocycles. The van der Waals surface area contributed by atoms with Crippen LogP contribution in [0.15, 0.2) is 146 Å². The number of rotatable bonds is 12. The van der Waals surface area contributed by atoms with E-state index in [-0.39, 0.29) is 0 Å². The Labute approximate surface area is 507 Å². The molecule has 0 unspecified atom stereocenters. The summed E-state index contributed by atoms with van der Waals surface area (Å²) in [6.45, 7) is 35.7. The van der Waals surface area contributed by atoms with Crippen LogP contribution in [0.5, 0.6) is 0 Å². The molecule has 0 aliphatic rings. The molecular weight excluding hydrogens is 1150 g/mol. The number of fused-ring (bicyclic) bond motifs is 8. The fourth-order valence-corrected chi connectivity index (χ4v) is 31.8. The summed E-state index contributed by atoms with van der Waals surface area (Å²) in [7, 11) is -3.60. The minimum absolute atomic E-state index is 0.583. The van der Waals surface area contributed by atoms with Crippen LogP contribution in [0.2, 0.25) is 66.3 Å². The monoisotopic (exact) mass is 1240 g/mol. The van der Waals surface area contributed by atoms with Crippen LogP contribution < -0.4 is 0 Å². The van der Waals surface area contributed by atoms with Crippen LogP contribution in [0.4, 0.5) is 0 Å². The molecule has 0 heterocycles. The molecule has 10 rings (SSSR count). The molecule has 0 nitrogen and oxygen atoms in total. The molecule has 0 aliphatic heterocycles. The molecular formula is C79H90Ge2Si2. The molecule has 0 aliphatic carbocycles. The quantitative estimate of drug-likeness (QED) is 0.0650. The fraction of sp³-hybridized carbons (Fsp3) is 0.342. The summed E-state index contributed by atoms with van der Waals surface area (Å²) >= 11 is -4.44. The van der Waals surface area contributed by atoms with Crippen molar-refractivity contribution in [2.24, 2.45) is 0 Å². The topological polar surface area (TPSA) is 0 Å². The molecule has 0 radical (unpaired) electrons. The van der Waals surface area contributed by atoms with Crippen molar-refractivity contribution in [1.29, 1.82) is 0 Å². The number of benzene rings is 10. The zero-order chi connectivity index (χ0) is 59.3. The molecule has 0 spiro atoms. The van der Waals surface area contributed by atoms with E-state index < -0.39 is 42.7 Å². The second kappa shape index (κ2) is 26.1. The van der Waals surface area contributed by atoms with Gasteiger partial charge in [0.25, 0.3) is 0 Å². The Kier molecular flexibility index (Phi) is 19.4. The summed E-state index contributed by atoms with van der Waals surface area (Å²) in [5.41, 5.74) is 14.6. The van der Waals surface area contributed by atoms with Crippen LogP contribution >= 0.6 is 0 Å². The van der Waals surface area contributed by atoms with Crippen molar-refractivity contribution in [2.45, 2.75) is 170 Å². The Hall–Kier alpha value is -5.96. The van der Waals surface area contributed by atoms with E-state index in [1.807, 2.05) is 0 Å². The molecule has 0 bridgehead atoms. The van der Waals surface area contributed by atoms with Crippen molar-refractivity contribution < 1.29 is 0 Å². The minimum atomic E-state index is -2.22. The molecule has 422 valence electrons. The molecule has 0 amide bonds. The maximum absolute atomic E-state index is 4.09. The van der Waals surface area contributed by atoms with E-state index >= 15 is 0 Å². The van der Waals surface area contributed by atoms with Crippen molar-refractivity contribution in [2.75, 3.05) is 0 Å². The van der Waals surface area contributed by atoms with Gasteiger partial charge in [-0.15, -0.1) is 11.1 Å². The molecule has 0 saturated carbocycles. The van der Waals surface area contributed by atoms with E-state index in [1.54, 1.807) is 0 Å². The van der Waals surface area contributed by atoms with Crippen LogP contribution in [-0.4, -0.2) is 42.7 Å². The van der Waals surface area contributed by atoms with E-state index in [9.17, 15) is 0 Å². The second-order valence-corrected chi connectivity index (χ2v) is 56.1. The standard InChI is InChI=1S/C41H48Si2.C38H42Ge2/c1-10-42(11-2,12-3)23-21-36-38-25-32-17-13-15-19-34(32)27-40(38)37(22-24-43(29(4)5,30(6)7)31(8)9)41-28-35-20-16-14-18-33(35)26-39(36)41;1-7-39(8-2,9-3)23-21-33-35-25-29-17-13-15-19-31(29)27-37(35)34(22-24-40(10-4,11-5)12-6)38-28-32-20-16-14-18-30(32)26-36(33)38/h13-20,25-31H,10-12H2,1-9H3;13-20,25-28H,7-12H2,1-6H3. The Morgan fingerprint density at radius 1 is 0.301 bits per heavy atom. The number of hydrogen-bond donors (Lipinski definition) is 0. The summed E-state index contributed by atoms with van der Waals surface area (Å²) in [6, 6.07) is 57.8. The Balaban J connectivity index is 0.000000200. The normalized spacial score (nSPS) is 12.2. The third-order valence-electron chi connectivity index (χ3n) is 20.4. The first-order chi connectivity index (χ1) is 40.1. The molecule has 0 atom stereocenters. The van der Waals surface area contributed by atoms with Crippen LogP contribution in [-0.2, 0) is 0 Å². The van der Waals surface area contributed by atoms with Crippen LogP contribution in [0.3, 0.4) is 0 Å². The summed E-state index contributed by atoms with van der Waals surface area (Å²) in [4.78, 5) is 0. The van der Waals surface area contributed by atoms with Gasteiger partial charge in [0.2, 0.25) is 0 Å². The van der Waals surface area contributed by atoms with E-state index in [4.69, 9.17) is 0 Å². The SMILES string of the molecule is CC[Si](C#Cc1c2cc3ccccc3cc2c(C#C[Si](C(C)C)(C(C)C)C(C)C)c2cc3ccccc3cc12)(CC)CC.C[CH2][Ge]([C]#Cc1c2cc3ccccc3cc2c(C#[C][Ge]([CH2]C)([CH2]C)[CH2]C)c2cc3ccccc3cc12)([CH2]C)[CH2]C.